The third-order valence-corrected chi connectivity index (χ3v) is 4.99. The summed E-state index contributed by atoms with van der Waals surface area (Å²) in [5.74, 6) is 1.33. The molecule has 2 rings (SSSR count). The van der Waals surface area contributed by atoms with Crippen LogP contribution >= 0.6 is 12.2 Å². The second kappa shape index (κ2) is 4.29. The second-order valence-corrected chi connectivity index (χ2v) is 6.69. The van der Waals surface area contributed by atoms with Gasteiger partial charge in [0.1, 0.15) is 5.82 Å². The number of sulfone groups is 1. The lowest BCUT2D eigenvalue weighted by Gasteiger charge is -2.23. The Labute approximate surface area is 99.8 Å². The molecule has 1 aromatic rings. The first-order valence-electron chi connectivity index (χ1n) is 5.39. The Morgan fingerprint density at radius 3 is 3.00 bits per heavy atom. The minimum absolute atomic E-state index is 0.0417. The molecule has 1 fully saturated rings. The smallest absolute Gasteiger partial charge is 0.195 e. The standard InChI is InChI=1S/C9H15N3O2S2/c1-2-8-10-11-9(15)12(8)7-4-3-5-16(13,14)6-7/h7H,2-6H2,1H3,(H,11,15). The summed E-state index contributed by atoms with van der Waals surface area (Å²) in [5.41, 5.74) is 0. The fraction of sp³-hybridized carbons (Fsp3) is 0.778. The van der Waals surface area contributed by atoms with E-state index in [2.05, 4.69) is 10.2 Å². The minimum Gasteiger partial charge on any atom is -0.300 e. The number of hydrogen-bond acceptors (Lipinski definition) is 4. The van der Waals surface area contributed by atoms with E-state index in [9.17, 15) is 8.42 Å². The maximum absolute atomic E-state index is 11.6. The summed E-state index contributed by atoms with van der Waals surface area (Å²) in [6, 6.07) is -0.0417. The van der Waals surface area contributed by atoms with Crippen molar-refractivity contribution in [3.63, 3.8) is 0 Å². The number of rotatable bonds is 2. The van der Waals surface area contributed by atoms with Gasteiger partial charge in [0.2, 0.25) is 0 Å². The molecule has 1 unspecified atom stereocenters. The van der Waals surface area contributed by atoms with E-state index in [0.29, 0.717) is 16.9 Å². The molecule has 1 aliphatic rings. The maximum atomic E-state index is 11.6. The number of H-pyrrole nitrogens is 1. The molecule has 7 heteroatoms. The van der Waals surface area contributed by atoms with Crippen LogP contribution in [0.15, 0.2) is 0 Å². The number of aryl methyl sites for hydroxylation is 1. The zero-order valence-corrected chi connectivity index (χ0v) is 10.8. The summed E-state index contributed by atoms with van der Waals surface area (Å²) in [7, 11) is -2.91. The lowest BCUT2D eigenvalue weighted by molar-refractivity contribution is 0.454. The van der Waals surface area contributed by atoms with Crippen LogP contribution in [-0.4, -0.2) is 34.7 Å². The average Bonchev–Trinajstić information content (AvgIpc) is 2.58. The first kappa shape index (κ1) is 11.8. The highest BCUT2D eigenvalue weighted by Gasteiger charge is 2.27. The van der Waals surface area contributed by atoms with Gasteiger partial charge in [-0.25, -0.2) is 8.42 Å². The van der Waals surface area contributed by atoms with Gasteiger partial charge in [0.15, 0.2) is 14.6 Å². The fourth-order valence-corrected chi connectivity index (χ4v) is 4.14. The molecule has 0 radical (unpaired) electrons. The molecule has 1 aliphatic heterocycles. The highest BCUT2D eigenvalue weighted by atomic mass is 32.2. The van der Waals surface area contributed by atoms with Crippen LogP contribution < -0.4 is 0 Å². The molecule has 0 bridgehead atoms. The van der Waals surface area contributed by atoms with E-state index in [4.69, 9.17) is 12.2 Å². The highest BCUT2D eigenvalue weighted by molar-refractivity contribution is 7.91. The monoisotopic (exact) mass is 261 g/mol. The van der Waals surface area contributed by atoms with E-state index in [1.54, 1.807) is 0 Å². The molecule has 1 N–H and O–H groups in total. The van der Waals surface area contributed by atoms with E-state index < -0.39 is 9.84 Å². The summed E-state index contributed by atoms with van der Waals surface area (Å²) in [6.45, 7) is 1.98. The molecule has 1 saturated heterocycles. The molecule has 90 valence electrons. The quantitative estimate of drug-likeness (QED) is 0.814. The fourth-order valence-electron chi connectivity index (χ4n) is 2.17. The average molecular weight is 261 g/mol. The lowest BCUT2D eigenvalue weighted by atomic mass is 10.2. The Morgan fingerprint density at radius 1 is 1.62 bits per heavy atom. The van der Waals surface area contributed by atoms with Crippen LogP contribution in [-0.2, 0) is 16.3 Å². The molecule has 0 saturated carbocycles. The van der Waals surface area contributed by atoms with Crippen LogP contribution in [0.4, 0.5) is 0 Å². The number of hydrogen-bond donors (Lipinski definition) is 1. The van der Waals surface area contributed by atoms with Crippen molar-refractivity contribution in [1.29, 1.82) is 0 Å². The SMILES string of the molecule is CCc1n[nH]c(=S)n1C1CCCS(=O)(=O)C1. The van der Waals surface area contributed by atoms with Crippen molar-refractivity contribution in [1.82, 2.24) is 14.8 Å². The largest absolute Gasteiger partial charge is 0.300 e. The predicted molar refractivity (Wildman–Crippen MR) is 63.7 cm³/mol. The lowest BCUT2D eigenvalue weighted by Crippen LogP contribution is -2.28. The van der Waals surface area contributed by atoms with Crippen molar-refractivity contribution in [3.05, 3.63) is 10.6 Å². The summed E-state index contributed by atoms with van der Waals surface area (Å²) in [4.78, 5) is 0. The van der Waals surface area contributed by atoms with Gasteiger partial charge in [-0.05, 0) is 25.1 Å². The first-order chi connectivity index (χ1) is 7.53. The van der Waals surface area contributed by atoms with Crippen molar-refractivity contribution in [2.45, 2.75) is 32.2 Å². The number of aromatic nitrogens is 3. The van der Waals surface area contributed by atoms with Gasteiger partial charge < -0.3 is 4.57 Å². The van der Waals surface area contributed by atoms with Crippen molar-refractivity contribution in [3.8, 4) is 0 Å². The molecule has 5 nitrogen and oxygen atoms in total. The van der Waals surface area contributed by atoms with E-state index in [1.807, 2.05) is 11.5 Å². The third kappa shape index (κ3) is 2.20. The molecule has 0 spiro atoms. The van der Waals surface area contributed by atoms with E-state index >= 15 is 0 Å². The van der Waals surface area contributed by atoms with E-state index in [1.165, 1.54) is 0 Å². The molecule has 1 aromatic heterocycles. The Balaban J connectivity index is 2.37. The zero-order chi connectivity index (χ0) is 11.8. The van der Waals surface area contributed by atoms with Gasteiger partial charge in [-0.15, -0.1) is 0 Å². The van der Waals surface area contributed by atoms with E-state index in [-0.39, 0.29) is 11.8 Å². The van der Waals surface area contributed by atoms with Crippen LogP contribution in [0.1, 0.15) is 31.6 Å². The van der Waals surface area contributed by atoms with Crippen molar-refractivity contribution >= 4 is 22.1 Å². The summed E-state index contributed by atoms with van der Waals surface area (Å²) >= 11 is 5.15. The van der Waals surface area contributed by atoms with Crippen LogP contribution in [0.2, 0.25) is 0 Å². The van der Waals surface area contributed by atoms with Gasteiger partial charge in [-0.3, -0.25) is 5.10 Å². The number of nitrogens with one attached hydrogen (secondary N) is 1. The van der Waals surface area contributed by atoms with Crippen LogP contribution in [0.3, 0.4) is 0 Å². The highest BCUT2D eigenvalue weighted by Crippen LogP contribution is 2.24. The Kier molecular flexibility index (Phi) is 3.16. The summed E-state index contributed by atoms with van der Waals surface area (Å²) < 4.78 is 25.6. The molecular weight excluding hydrogens is 246 g/mol. The molecular formula is C9H15N3O2S2. The third-order valence-electron chi connectivity index (χ3n) is 2.90. The number of nitrogens with zero attached hydrogens (tertiary/aromatic N) is 2. The molecule has 0 amide bonds. The van der Waals surface area contributed by atoms with Gasteiger partial charge >= 0.3 is 0 Å². The Bertz CT molecular complexity index is 529. The van der Waals surface area contributed by atoms with Crippen molar-refractivity contribution < 1.29 is 8.42 Å². The van der Waals surface area contributed by atoms with Crippen molar-refractivity contribution in [2.75, 3.05) is 11.5 Å². The zero-order valence-electron chi connectivity index (χ0n) is 9.14. The topological polar surface area (TPSA) is 67.8 Å². The van der Waals surface area contributed by atoms with Crippen LogP contribution in [0, 0.1) is 4.77 Å². The van der Waals surface area contributed by atoms with E-state index in [0.717, 1.165) is 18.7 Å². The van der Waals surface area contributed by atoms with Gasteiger partial charge in [0.05, 0.1) is 17.5 Å². The van der Waals surface area contributed by atoms with Gasteiger partial charge in [0, 0.05) is 6.42 Å². The minimum atomic E-state index is -2.91. The Hall–Kier alpha value is -0.690. The maximum Gasteiger partial charge on any atom is 0.195 e. The summed E-state index contributed by atoms with van der Waals surface area (Å²) in [5, 5.41) is 6.84. The molecule has 0 aliphatic carbocycles. The second-order valence-electron chi connectivity index (χ2n) is 4.08. The molecule has 2 heterocycles. The molecule has 1 atom stereocenters. The van der Waals surface area contributed by atoms with Gasteiger partial charge in [-0.1, -0.05) is 6.92 Å². The Morgan fingerprint density at radius 2 is 2.38 bits per heavy atom. The van der Waals surface area contributed by atoms with Crippen LogP contribution in [0.25, 0.3) is 0 Å². The first-order valence-corrected chi connectivity index (χ1v) is 7.62. The summed E-state index contributed by atoms with van der Waals surface area (Å²) in [6.07, 6.45) is 2.33. The molecule has 16 heavy (non-hydrogen) atoms. The normalized spacial score (nSPS) is 24.4. The van der Waals surface area contributed by atoms with Crippen LogP contribution in [0.5, 0.6) is 0 Å². The predicted octanol–water partition coefficient (Wildman–Crippen LogP) is 1.25. The van der Waals surface area contributed by atoms with Gasteiger partial charge in [-0.2, -0.15) is 5.10 Å². The number of aromatic amines is 1. The molecule has 0 aromatic carbocycles. The van der Waals surface area contributed by atoms with Gasteiger partial charge in [0.25, 0.3) is 0 Å². The van der Waals surface area contributed by atoms with Crippen molar-refractivity contribution in [2.24, 2.45) is 0 Å².